The van der Waals surface area contributed by atoms with Crippen molar-refractivity contribution in [3.8, 4) is 11.5 Å². The van der Waals surface area contributed by atoms with Gasteiger partial charge in [0.15, 0.2) is 0 Å². The Kier molecular flexibility index (Phi) is 4.45. The Morgan fingerprint density at radius 1 is 0.960 bits per heavy atom. The number of hydrogen-bond acceptors (Lipinski definition) is 3. The molecule has 4 nitrogen and oxygen atoms in total. The average molecular weight is 336 g/mol. The summed E-state index contributed by atoms with van der Waals surface area (Å²) < 4.78 is 5.99. The molecular formula is C21H24N2O2. The van der Waals surface area contributed by atoms with E-state index in [-0.39, 0.29) is 5.91 Å². The summed E-state index contributed by atoms with van der Waals surface area (Å²) in [5, 5.41) is 0. The molecule has 0 unspecified atom stereocenters. The van der Waals surface area contributed by atoms with Gasteiger partial charge in [-0.25, -0.2) is 0 Å². The lowest BCUT2D eigenvalue weighted by atomic mass is 9.96. The third-order valence-electron chi connectivity index (χ3n) is 5.36. The Balaban J connectivity index is 1.58. The van der Waals surface area contributed by atoms with Gasteiger partial charge in [-0.1, -0.05) is 30.3 Å². The topological polar surface area (TPSA) is 32.8 Å². The SMILES string of the molecule is CN1C[C@H]2CC[C@@H]1CN(C(=O)c1ccccc1Oc1ccccc1)C2. The van der Waals surface area contributed by atoms with Gasteiger partial charge in [0.2, 0.25) is 0 Å². The monoisotopic (exact) mass is 336 g/mol. The Hall–Kier alpha value is -2.33. The minimum Gasteiger partial charge on any atom is -0.457 e. The van der Waals surface area contributed by atoms with E-state index < -0.39 is 0 Å². The summed E-state index contributed by atoms with van der Waals surface area (Å²) >= 11 is 0. The number of amides is 1. The number of rotatable bonds is 3. The highest BCUT2D eigenvalue weighted by Gasteiger charge is 2.35. The molecule has 25 heavy (non-hydrogen) atoms. The Morgan fingerprint density at radius 2 is 1.72 bits per heavy atom. The number of carbonyl (C=O) groups is 1. The molecule has 3 aliphatic rings. The minimum atomic E-state index is 0.0822. The molecule has 0 radical (unpaired) electrons. The molecule has 0 spiro atoms. The van der Waals surface area contributed by atoms with Crippen molar-refractivity contribution in [1.82, 2.24) is 9.80 Å². The third-order valence-corrected chi connectivity index (χ3v) is 5.36. The molecule has 0 saturated carbocycles. The van der Waals surface area contributed by atoms with Gasteiger partial charge in [-0.05, 0) is 50.1 Å². The van der Waals surface area contributed by atoms with E-state index in [1.54, 1.807) is 0 Å². The summed E-state index contributed by atoms with van der Waals surface area (Å²) in [5.41, 5.74) is 0.648. The quantitative estimate of drug-likeness (QED) is 0.858. The molecule has 0 aromatic heterocycles. The lowest BCUT2D eigenvalue weighted by molar-refractivity contribution is 0.0740. The second-order valence-electron chi connectivity index (χ2n) is 7.16. The van der Waals surface area contributed by atoms with Crippen molar-refractivity contribution in [2.45, 2.75) is 18.9 Å². The summed E-state index contributed by atoms with van der Waals surface area (Å²) in [4.78, 5) is 17.7. The van der Waals surface area contributed by atoms with Crippen LogP contribution in [-0.2, 0) is 0 Å². The van der Waals surface area contributed by atoms with E-state index in [1.165, 1.54) is 12.8 Å². The normalized spacial score (nSPS) is 23.3. The molecule has 2 aromatic rings. The molecule has 4 heteroatoms. The highest BCUT2D eigenvalue weighted by atomic mass is 16.5. The molecule has 3 aliphatic heterocycles. The van der Waals surface area contributed by atoms with Crippen LogP contribution in [0.3, 0.4) is 0 Å². The predicted octanol–water partition coefficient (Wildman–Crippen LogP) is 3.65. The predicted molar refractivity (Wildman–Crippen MR) is 98.0 cm³/mol. The van der Waals surface area contributed by atoms with Crippen LogP contribution in [0.1, 0.15) is 23.2 Å². The molecule has 2 atom stereocenters. The van der Waals surface area contributed by atoms with Gasteiger partial charge in [0, 0.05) is 25.7 Å². The Labute approximate surface area is 149 Å². The van der Waals surface area contributed by atoms with Gasteiger partial charge in [-0.15, -0.1) is 0 Å². The van der Waals surface area contributed by atoms with Gasteiger partial charge < -0.3 is 14.5 Å². The van der Waals surface area contributed by atoms with Crippen LogP contribution in [-0.4, -0.2) is 48.4 Å². The fourth-order valence-electron chi connectivity index (χ4n) is 4.00. The molecule has 3 fully saturated rings. The van der Waals surface area contributed by atoms with E-state index in [9.17, 15) is 4.79 Å². The zero-order valence-electron chi connectivity index (χ0n) is 14.6. The van der Waals surface area contributed by atoms with Crippen molar-refractivity contribution in [3.63, 3.8) is 0 Å². The van der Waals surface area contributed by atoms with E-state index in [2.05, 4.69) is 11.9 Å². The van der Waals surface area contributed by atoms with Crippen LogP contribution in [0.4, 0.5) is 0 Å². The maximum atomic E-state index is 13.2. The van der Waals surface area contributed by atoms with Gasteiger partial charge in [-0.3, -0.25) is 4.79 Å². The number of para-hydroxylation sites is 2. The first kappa shape index (κ1) is 16.2. The molecule has 0 N–H and O–H groups in total. The second kappa shape index (κ2) is 6.89. The maximum Gasteiger partial charge on any atom is 0.257 e. The zero-order valence-corrected chi connectivity index (χ0v) is 14.6. The van der Waals surface area contributed by atoms with E-state index in [0.29, 0.717) is 23.3 Å². The van der Waals surface area contributed by atoms with E-state index >= 15 is 0 Å². The van der Waals surface area contributed by atoms with Gasteiger partial charge in [-0.2, -0.15) is 0 Å². The first-order chi connectivity index (χ1) is 12.2. The molecule has 0 aliphatic carbocycles. The number of benzene rings is 2. The summed E-state index contributed by atoms with van der Waals surface area (Å²) in [5.74, 6) is 2.04. The molecular weight excluding hydrogens is 312 g/mol. The summed E-state index contributed by atoms with van der Waals surface area (Å²) in [6, 6.07) is 17.7. The van der Waals surface area contributed by atoms with E-state index in [4.69, 9.17) is 4.74 Å². The lowest BCUT2D eigenvalue weighted by Gasteiger charge is -2.32. The fourth-order valence-corrected chi connectivity index (χ4v) is 4.00. The number of nitrogens with zero attached hydrogens (tertiary/aromatic N) is 2. The Bertz CT molecular complexity index is 747. The van der Waals surface area contributed by atoms with Gasteiger partial charge in [0.25, 0.3) is 5.91 Å². The number of likely N-dealkylation sites (N-methyl/N-ethyl adjacent to an activating group) is 1. The third kappa shape index (κ3) is 3.40. The van der Waals surface area contributed by atoms with Crippen LogP contribution >= 0.6 is 0 Å². The van der Waals surface area contributed by atoms with Crippen molar-refractivity contribution >= 4 is 5.91 Å². The number of hydrogen-bond donors (Lipinski definition) is 0. The smallest absolute Gasteiger partial charge is 0.257 e. The van der Waals surface area contributed by atoms with Crippen LogP contribution in [0.15, 0.2) is 54.6 Å². The average Bonchev–Trinajstić information content (AvgIpc) is 2.94. The largest absolute Gasteiger partial charge is 0.457 e. The van der Waals surface area contributed by atoms with Crippen LogP contribution in [0, 0.1) is 5.92 Å². The first-order valence-corrected chi connectivity index (χ1v) is 9.02. The standard InChI is InChI=1S/C21H24N2O2/c1-22-13-16-11-12-17(22)15-23(14-16)21(24)19-9-5-6-10-20(19)25-18-7-3-2-4-8-18/h2-10,16-17H,11-15H2,1H3/t16-,17-/m1/s1. The molecule has 5 rings (SSSR count). The minimum absolute atomic E-state index is 0.0822. The first-order valence-electron chi connectivity index (χ1n) is 9.02. The fraction of sp³-hybridized carbons (Fsp3) is 0.381. The van der Waals surface area contributed by atoms with Crippen molar-refractivity contribution in [2.75, 3.05) is 26.7 Å². The van der Waals surface area contributed by atoms with Crippen LogP contribution in [0.2, 0.25) is 0 Å². The molecule has 2 bridgehead atoms. The van der Waals surface area contributed by atoms with E-state index in [0.717, 1.165) is 25.4 Å². The van der Waals surface area contributed by atoms with Crippen LogP contribution in [0.5, 0.6) is 11.5 Å². The van der Waals surface area contributed by atoms with Crippen LogP contribution in [0.25, 0.3) is 0 Å². The molecule has 130 valence electrons. The summed E-state index contributed by atoms with van der Waals surface area (Å²) in [7, 11) is 2.18. The van der Waals surface area contributed by atoms with Crippen molar-refractivity contribution in [2.24, 2.45) is 5.92 Å². The highest BCUT2D eigenvalue weighted by Crippen LogP contribution is 2.30. The Morgan fingerprint density at radius 3 is 2.52 bits per heavy atom. The van der Waals surface area contributed by atoms with Crippen molar-refractivity contribution in [1.29, 1.82) is 0 Å². The van der Waals surface area contributed by atoms with Crippen LogP contribution < -0.4 is 4.74 Å². The number of fused-ring (bicyclic) bond motifs is 4. The summed E-state index contributed by atoms with van der Waals surface area (Å²) in [6.07, 6.45) is 2.41. The molecule has 3 saturated heterocycles. The summed E-state index contributed by atoms with van der Waals surface area (Å²) in [6.45, 7) is 2.75. The van der Waals surface area contributed by atoms with Gasteiger partial charge in [0.05, 0.1) is 5.56 Å². The van der Waals surface area contributed by atoms with E-state index in [1.807, 2.05) is 59.5 Å². The van der Waals surface area contributed by atoms with Gasteiger partial charge >= 0.3 is 0 Å². The number of piperidine rings is 1. The maximum absolute atomic E-state index is 13.2. The molecule has 1 amide bonds. The van der Waals surface area contributed by atoms with Crippen molar-refractivity contribution in [3.05, 3.63) is 60.2 Å². The number of ether oxygens (including phenoxy) is 1. The number of carbonyl (C=O) groups excluding carboxylic acids is 1. The lowest BCUT2D eigenvalue weighted by Crippen LogP contribution is -2.41. The molecule has 2 aromatic carbocycles. The van der Waals surface area contributed by atoms with Gasteiger partial charge in [0.1, 0.15) is 11.5 Å². The van der Waals surface area contributed by atoms with Crippen molar-refractivity contribution < 1.29 is 9.53 Å². The zero-order chi connectivity index (χ0) is 17.2. The second-order valence-corrected chi connectivity index (χ2v) is 7.16. The highest BCUT2D eigenvalue weighted by molar-refractivity contribution is 5.97. The molecule has 3 heterocycles.